The molecule has 42 heavy (non-hydrogen) atoms. The standard InChI is InChI=1S/C30H36F3N5O4/c31-30(32,33)22-6-3-5-20(17-22)27(40)35-19-26(39)38-16-4-7-25(38)36-23-10-12-29(42,13-11-23)24-9-8-21(18-34-24)28(41)37-14-1-2-15-37/h3,5-6,8-9,17-18,23,25,36,42H,1-2,4,7,10-16,19H2,(H,35,40)/t23?,25-,29?/m0/s1. The van der Waals surface area contributed by atoms with E-state index in [1.165, 1.54) is 6.07 Å². The van der Waals surface area contributed by atoms with Crippen molar-refractivity contribution in [3.05, 3.63) is 65.0 Å². The number of rotatable bonds is 7. The molecule has 9 nitrogen and oxygen atoms in total. The summed E-state index contributed by atoms with van der Waals surface area (Å²) in [6.07, 6.45) is 2.59. The Morgan fingerprint density at radius 1 is 0.976 bits per heavy atom. The number of aliphatic hydroxyl groups is 1. The zero-order chi connectivity index (χ0) is 29.9. The highest BCUT2D eigenvalue weighted by Gasteiger charge is 2.38. The number of aromatic nitrogens is 1. The maximum atomic E-state index is 13.0. The lowest BCUT2D eigenvalue weighted by molar-refractivity contribution is -0.137. The van der Waals surface area contributed by atoms with Gasteiger partial charge in [-0.05, 0) is 81.7 Å². The maximum Gasteiger partial charge on any atom is 0.416 e. The van der Waals surface area contributed by atoms with Crippen LogP contribution in [0.4, 0.5) is 13.2 Å². The van der Waals surface area contributed by atoms with E-state index in [4.69, 9.17) is 0 Å². The third-order valence-electron chi connectivity index (χ3n) is 8.55. The molecule has 3 fully saturated rings. The van der Waals surface area contributed by atoms with Crippen LogP contribution < -0.4 is 10.6 Å². The number of carbonyl (C=O) groups excluding carboxylic acids is 3. The quantitative estimate of drug-likeness (QED) is 0.458. The van der Waals surface area contributed by atoms with E-state index in [0.717, 1.165) is 57.0 Å². The molecule has 0 bridgehead atoms. The molecule has 0 spiro atoms. The van der Waals surface area contributed by atoms with Gasteiger partial charge in [0.1, 0.15) is 5.60 Å². The molecule has 3 amide bonds. The van der Waals surface area contributed by atoms with Crippen LogP contribution in [0.2, 0.25) is 0 Å². The second kappa shape index (κ2) is 12.4. The summed E-state index contributed by atoms with van der Waals surface area (Å²) in [5.41, 5.74) is -1.10. The molecule has 1 saturated carbocycles. The van der Waals surface area contributed by atoms with E-state index in [9.17, 15) is 32.7 Å². The summed E-state index contributed by atoms with van der Waals surface area (Å²) in [6.45, 7) is 1.72. The largest absolute Gasteiger partial charge is 0.416 e. The Labute approximate surface area is 242 Å². The van der Waals surface area contributed by atoms with Gasteiger partial charge in [0.25, 0.3) is 11.8 Å². The number of halogens is 3. The van der Waals surface area contributed by atoms with Gasteiger partial charge in [-0.2, -0.15) is 13.2 Å². The lowest BCUT2D eigenvalue weighted by Crippen LogP contribution is -2.52. The number of benzene rings is 1. The minimum atomic E-state index is -4.57. The van der Waals surface area contributed by atoms with Gasteiger partial charge in [-0.1, -0.05) is 6.07 Å². The van der Waals surface area contributed by atoms with Crippen LogP contribution in [0, 0.1) is 0 Å². The molecule has 3 heterocycles. The summed E-state index contributed by atoms with van der Waals surface area (Å²) >= 11 is 0. The number of likely N-dealkylation sites (tertiary alicyclic amines) is 2. The number of amides is 3. The van der Waals surface area contributed by atoms with Crippen LogP contribution in [0.5, 0.6) is 0 Å². The van der Waals surface area contributed by atoms with Crippen molar-refractivity contribution in [2.45, 2.75) is 75.4 Å². The van der Waals surface area contributed by atoms with Gasteiger partial charge in [0.15, 0.2) is 0 Å². The second-order valence-electron chi connectivity index (χ2n) is 11.4. The van der Waals surface area contributed by atoms with Gasteiger partial charge in [-0.15, -0.1) is 0 Å². The number of alkyl halides is 3. The normalized spacial score (nSPS) is 24.6. The van der Waals surface area contributed by atoms with Crippen molar-refractivity contribution >= 4 is 17.7 Å². The molecule has 1 aliphatic carbocycles. The molecule has 2 saturated heterocycles. The fraction of sp³-hybridized carbons (Fsp3) is 0.533. The van der Waals surface area contributed by atoms with Crippen LogP contribution >= 0.6 is 0 Å². The Morgan fingerprint density at radius 3 is 2.38 bits per heavy atom. The molecule has 12 heteroatoms. The SMILES string of the molecule is O=C(NCC(=O)N1CCC[C@H]1NC1CCC(O)(c2ccc(C(=O)N3CCCC3)cn2)CC1)c1cccc(C(F)(F)F)c1. The van der Waals surface area contributed by atoms with Gasteiger partial charge >= 0.3 is 6.18 Å². The highest BCUT2D eigenvalue weighted by atomic mass is 19.4. The topological polar surface area (TPSA) is 115 Å². The molecule has 226 valence electrons. The van der Waals surface area contributed by atoms with Gasteiger partial charge in [-0.3, -0.25) is 24.7 Å². The molecule has 0 radical (unpaired) electrons. The molecule has 1 aromatic carbocycles. The number of nitrogens with zero attached hydrogens (tertiary/aromatic N) is 3. The van der Waals surface area contributed by atoms with Crippen LogP contribution in [0.15, 0.2) is 42.6 Å². The van der Waals surface area contributed by atoms with E-state index in [1.54, 1.807) is 23.2 Å². The van der Waals surface area contributed by atoms with Crippen molar-refractivity contribution in [1.29, 1.82) is 0 Å². The van der Waals surface area contributed by atoms with Crippen LogP contribution in [-0.4, -0.2) is 76.0 Å². The number of hydrogen-bond donors (Lipinski definition) is 3. The van der Waals surface area contributed by atoms with E-state index < -0.39 is 23.2 Å². The predicted octanol–water partition coefficient (Wildman–Crippen LogP) is 3.43. The average molecular weight is 588 g/mol. The Hall–Kier alpha value is -3.51. The van der Waals surface area contributed by atoms with Crippen molar-refractivity contribution in [1.82, 2.24) is 25.4 Å². The van der Waals surface area contributed by atoms with Crippen molar-refractivity contribution < 1.29 is 32.7 Å². The van der Waals surface area contributed by atoms with Gasteiger partial charge in [0.2, 0.25) is 5.91 Å². The van der Waals surface area contributed by atoms with Crippen molar-refractivity contribution in [3.63, 3.8) is 0 Å². The summed E-state index contributed by atoms with van der Waals surface area (Å²) < 4.78 is 38.9. The molecule has 2 aromatic rings. The van der Waals surface area contributed by atoms with E-state index in [-0.39, 0.29) is 36.1 Å². The van der Waals surface area contributed by atoms with Crippen LogP contribution in [0.25, 0.3) is 0 Å². The monoisotopic (exact) mass is 587 g/mol. The highest BCUT2D eigenvalue weighted by molar-refractivity contribution is 5.96. The number of hydrogen-bond acceptors (Lipinski definition) is 6. The third-order valence-corrected chi connectivity index (χ3v) is 8.55. The minimum Gasteiger partial charge on any atom is -0.384 e. The summed E-state index contributed by atoms with van der Waals surface area (Å²) in [5, 5.41) is 17.3. The molecule has 1 atom stereocenters. The Balaban J connectivity index is 1.11. The predicted molar refractivity (Wildman–Crippen MR) is 147 cm³/mol. The van der Waals surface area contributed by atoms with E-state index in [2.05, 4.69) is 15.6 Å². The van der Waals surface area contributed by atoms with Gasteiger partial charge in [-0.25, -0.2) is 0 Å². The fourth-order valence-electron chi connectivity index (χ4n) is 6.12. The molecule has 3 aliphatic rings. The van der Waals surface area contributed by atoms with Gasteiger partial charge in [0.05, 0.1) is 29.5 Å². The van der Waals surface area contributed by atoms with E-state index in [0.29, 0.717) is 43.5 Å². The number of pyridine rings is 1. The highest BCUT2D eigenvalue weighted by Crippen LogP contribution is 2.37. The minimum absolute atomic E-state index is 0.0302. The van der Waals surface area contributed by atoms with Crippen LogP contribution in [0.3, 0.4) is 0 Å². The van der Waals surface area contributed by atoms with Gasteiger partial charge in [0, 0.05) is 37.4 Å². The number of carbonyl (C=O) groups is 3. The van der Waals surface area contributed by atoms with Crippen molar-refractivity contribution in [3.8, 4) is 0 Å². The average Bonchev–Trinajstić information content (AvgIpc) is 3.69. The van der Waals surface area contributed by atoms with Crippen molar-refractivity contribution in [2.24, 2.45) is 0 Å². The summed E-state index contributed by atoms with van der Waals surface area (Å²) in [7, 11) is 0. The van der Waals surface area contributed by atoms with Crippen LogP contribution in [-0.2, 0) is 16.6 Å². The molecule has 1 aromatic heterocycles. The first-order chi connectivity index (χ1) is 20.0. The number of nitrogens with one attached hydrogen (secondary N) is 2. The van der Waals surface area contributed by atoms with E-state index in [1.807, 2.05) is 4.90 Å². The van der Waals surface area contributed by atoms with E-state index >= 15 is 0 Å². The lowest BCUT2D eigenvalue weighted by atomic mass is 9.79. The molecule has 2 aliphatic heterocycles. The maximum absolute atomic E-state index is 13.0. The molecule has 5 rings (SSSR count). The first kappa shape index (κ1) is 30.0. The molecule has 0 unspecified atom stereocenters. The summed E-state index contributed by atoms with van der Waals surface area (Å²) in [5.74, 6) is -1.09. The Bertz CT molecular complexity index is 1290. The molecular weight excluding hydrogens is 551 g/mol. The summed E-state index contributed by atoms with van der Waals surface area (Å²) in [4.78, 5) is 45.9. The Morgan fingerprint density at radius 2 is 1.71 bits per heavy atom. The first-order valence-corrected chi connectivity index (χ1v) is 14.5. The third kappa shape index (κ3) is 6.75. The molecule has 3 N–H and O–H groups in total. The lowest BCUT2D eigenvalue weighted by Gasteiger charge is -2.38. The zero-order valence-corrected chi connectivity index (χ0v) is 23.3. The second-order valence-corrected chi connectivity index (χ2v) is 11.4. The zero-order valence-electron chi connectivity index (χ0n) is 23.3. The van der Waals surface area contributed by atoms with Crippen LogP contribution in [0.1, 0.15) is 83.3 Å². The fourth-order valence-corrected chi connectivity index (χ4v) is 6.12. The first-order valence-electron chi connectivity index (χ1n) is 14.5. The van der Waals surface area contributed by atoms with Crippen molar-refractivity contribution in [2.75, 3.05) is 26.2 Å². The Kier molecular flexibility index (Phi) is 8.84. The van der Waals surface area contributed by atoms with Gasteiger partial charge < -0.3 is 20.2 Å². The summed E-state index contributed by atoms with van der Waals surface area (Å²) in [6, 6.07) is 7.63. The smallest absolute Gasteiger partial charge is 0.384 e. The molecular formula is C30H36F3N5O4.